The van der Waals surface area contributed by atoms with Crippen molar-refractivity contribution in [3.63, 3.8) is 0 Å². The van der Waals surface area contributed by atoms with Crippen molar-refractivity contribution in [3.05, 3.63) is 28.8 Å². The lowest BCUT2D eigenvalue weighted by molar-refractivity contribution is 0.413. The lowest BCUT2D eigenvalue weighted by atomic mass is 9.85. The van der Waals surface area contributed by atoms with Crippen LogP contribution in [0.25, 0.3) is 0 Å². The molecule has 0 bridgehead atoms. The van der Waals surface area contributed by atoms with Crippen molar-refractivity contribution in [2.24, 2.45) is 17.4 Å². The van der Waals surface area contributed by atoms with E-state index in [1.54, 1.807) is 7.11 Å². The van der Waals surface area contributed by atoms with Gasteiger partial charge in [0.25, 0.3) is 0 Å². The van der Waals surface area contributed by atoms with Crippen LogP contribution < -0.4 is 16.2 Å². The third-order valence-electron chi connectivity index (χ3n) is 3.65. The Bertz CT molecular complexity index is 363. The van der Waals surface area contributed by atoms with E-state index in [0.29, 0.717) is 24.9 Å². The van der Waals surface area contributed by atoms with E-state index in [4.69, 9.17) is 16.2 Å². The minimum absolute atomic E-state index is 0.404. The van der Waals surface area contributed by atoms with Gasteiger partial charge in [0, 0.05) is 0 Å². The first-order chi connectivity index (χ1) is 8.53. The third kappa shape index (κ3) is 3.47. The summed E-state index contributed by atoms with van der Waals surface area (Å²) >= 11 is 0. The van der Waals surface area contributed by atoms with Crippen LogP contribution in [0.15, 0.2) is 12.1 Å². The average Bonchev–Trinajstić information content (AvgIpc) is 2.34. The second-order valence-electron chi connectivity index (χ2n) is 5.15. The maximum atomic E-state index is 5.73. The van der Waals surface area contributed by atoms with Crippen molar-refractivity contribution in [3.8, 4) is 5.75 Å². The van der Waals surface area contributed by atoms with Gasteiger partial charge in [0.05, 0.1) is 7.11 Å². The predicted octanol–water partition coefficient (Wildman–Crippen LogP) is 2.34. The molecule has 0 fully saturated rings. The highest BCUT2D eigenvalue weighted by Gasteiger charge is 2.16. The Morgan fingerprint density at radius 1 is 1.11 bits per heavy atom. The zero-order valence-electron chi connectivity index (χ0n) is 12.0. The number of aryl methyl sites for hydroxylation is 2. The van der Waals surface area contributed by atoms with Gasteiger partial charge < -0.3 is 16.2 Å². The Labute approximate surface area is 111 Å². The molecule has 0 aromatic heterocycles. The van der Waals surface area contributed by atoms with Crippen molar-refractivity contribution in [1.29, 1.82) is 0 Å². The summed E-state index contributed by atoms with van der Waals surface area (Å²) in [5.41, 5.74) is 15.4. The van der Waals surface area contributed by atoms with Gasteiger partial charge in [0.1, 0.15) is 5.75 Å². The van der Waals surface area contributed by atoms with Crippen LogP contribution >= 0.6 is 0 Å². The molecule has 0 aliphatic carbocycles. The van der Waals surface area contributed by atoms with Gasteiger partial charge >= 0.3 is 0 Å². The fourth-order valence-corrected chi connectivity index (χ4v) is 2.74. The van der Waals surface area contributed by atoms with Crippen LogP contribution in [0.2, 0.25) is 0 Å². The number of hydrogen-bond acceptors (Lipinski definition) is 3. The summed E-state index contributed by atoms with van der Waals surface area (Å²) in [5, 5.41) is 0. The second-order valence-corrected chi connectivity index (χ2v) is 5.15. The molecule has 1 atom stereocenters. The van der Waals surface area contributed by atoms with Gasteiger partial charge in [-0.1, -0.05) is 6.92 Å². The van der Waals surface area contributed by atoms with Gasteiger partial charge in [-0.05, 0) is 74.0 Å². The van der Waals surface area contributed by atoms with Gasteiger partial charge in [-0.3, -0.25) is 0 Å². The van der Waals surface area contributed by atoms with Crippen molar-refractivity contribution >= 4 is 0 Å². The van der Waals surface area contributed by atoms with Crippen molar-refractivity contribution in [2.45, 2.75) is 33.1 Å². The fourth-order valence-electron chi connectivity index (χ4n) is 2.74. The molecule has 0 amide bonds. The SMILES string of the molecule is COc1cc(C)c(C(C)CC(CN)CN)c(C)c1. The molecule has 0 aliphatic heterocycles. The van der Waals surface area contributed by atoms with Gasteiger partial charge in [0.2, 0.25) is 0 Å². The molecule has 3 heteroatoms. The maximum Gasteiger partial charge on any atom is 0.119 e. The number of methoxy groups -OCH3 is 1. The van der Waals surface area contributed by atoms with E-state index in [1.807, 2.05) is 0 Å². The van der Waals surface area contributed by atoms with Crippen LogP contribution in [0.1, 0.15) is 36.0 Å². The third-order valence-corrected chi connectivity index (χ3v) is 3.65. The molecular weight excluding hydrogens is 224 g/mol. The Morgan fingerprint density at radius 3 is 2.00 bits per heavy atom. The molecule has 102 valence electrons. The van der Waals surface area contributed by atoms with Crippen LogP contribution in [0, 0.1) is 19.8 Å². The number of rotatable bonds is 6. The van der Waals surface area contributed by atoms with Crippen LogP contribution in [0.5, 0.6) is 5.75 Å². The minimum atomic E-state index is 0.404. The lowest BCUT2D eigenvalue weighted by Gasteiger charge is -2.22. The van der Waals surface area contributed by atoms with Gasteiger partial charge in [-0.15, -0.1) is 0 Å². The monoisotopic (exact) mass is 250 g/mol. The van der Waals surface area contributed by atoms with Crippen molar-refractivity contribution in [1.82, 2.24) is 0 Å². The number of hydrogen-bond donors (Lipinski definition) is 2. The Morgan fingerprint density at radius 2 is 1.61 bits per heavy atom. The van der Waals surface area contributed by atoms with Gasteiger partial charge in [0.15, 0.2) is 0 Å². The highest BCUT2D eigenvalue weighted by molar-refractivity contribution is 5.42. The summed E-state index contributed by atoms with van der Waals surface area (Å²) in [4.78, 5) is 0. The zero-order valence-corrected chi connectivity index (χ0v) is 12.0. The van der Waals surface area contributed by atoms with E-state index in [2.05, 4.69) is 32.9 Å². The molecule has 4 N–H and O–H groups in total. The van der Waals surface area contributed by atoms with E-state index in [1.165, 1.54) is 16.7 Å². The van der Waals surface area contributed by atoms with Crippen LogP contribution in [-0.2, 0) is 0 Å². The smallest absolute Gasteiger partial charge is 0.119 e. The first kappa shape index (κ1) is 15.0. The first-order valence-corrected chi connectivity index (χ1v) is 6.58. The van der Waals surface area contributed by atoms with E-state index in [9.17, 15) is 0 Å². The first-order valence-electron chi connectivity index (χ1n) is 6.58. The molecule has 0 saturated carbocycles. The normalized spacial score (nSPS) is 12.8. The molecule has 0 saturated heterocycles. The molecule has 3 nitrogen and oxygen atoms in total. The predicted molar refractivity (Wildman–Crippen MR) is 77.1 cm³/mol. The van der Waals surface area contributed by atoms with E-state index < -0.39 is 0 Å². The molecule has 0 spiro atoms. The maximum absolute atomic E-state index is 5.73. The van der Waals surface area contributed by atoms with Crippen molar-refractivity contribution in [2.75, 3.05) is 20.2 Å². The number of nitrogens with two attached hydrogens (primary N) is 2. The Hall–Kier alpha value is -1.06. The highest BCUT2D eigenvalue weighted by atomic mass is 16.5. The zero-order chi connectivity index (χ0) is 13.7. The van der Waals surface area contributed by atoms with Gasteiger partial charge in [-0.2, -0.15) is 0 Å². The average molecular weight is 250 g/mol. The van der Waals surface area contributed by atoms with E-state index in [-0.39, 0.29) is 0 Å². The van der Waals surface area contributed by atoms with E-state index in [0.717, 1.165) is 12.2 Å². The van der Waals surface area contributed by atoms with Gasteiger partial charge in [-0.25, -0.2) is 0 Å². The van der Waals surface area contributed by atoms with Crippen LogP contribution in [0.4, 0.5) is 0 Å². The lowest BCUT2D eigenvalue weighted by Crippen LogP contribution is -2.25. The summed E-state index contributed by atoms with van der Waals surface area (Å²) < 4.78 is 5.29. The summed E-state index contributed by atoms with van der Waals surface area (Å²) in [5.74, 6) is 1.81. The fraction of sp³-hybridized carbons (Fsp3) is 0.600. The molecular formula is C15H26N2O. The minimum Gasteiger partial charge on any atom is -0.497 e. The molecule has 0 heterocycles. The largest absolute Gasteiger partial charge is 0.497 e. The topological polar surface area (TPSA) is 61.3 Å². The molecule has 1 aromatic rings. The Kier molecular flexibility index (Phi) is 5.63. The Balaban J connectivity index is 2.95. The van der Waals surface area contributed by atoms with Crippen molar-refractivity contribution < 1.29 is 4.74 Å². The molecule has 1 rings (SSSR count). The molecule has 0 aliphatic rings. The molecule has 1 aromatic carbocycles. The summed E-state index contributed by atoms with van der Waals surface area (Å²) in [7, 11) is 1.70. The second kappa shape index (κ2) is 6.76. The highest BCUT2D eigenvalue weighted by Crippen LogP contribution is 2.31. The molecule has 0 radical (unpaired) electrons. The standard InChI is InChI=1S/C15H26N2O/c1-10(5-13(8-16)9-17)15-11(2)6-14(18-4)7-12(15)3/h6-7,10,13H,5,8-9,16-17H2,1-4H3. The van der Waals surface area contributed by atoms with E-state index >= 15 is 0 Å². The van der Waals surface area contributed by atoms with Crippen LogP contribution in [0.3, 0.4) is 0 Å². The van der Waals surface area contributed by atoms with Crippen LogP contribution in [-0.4, -0.2) is 20.2 Å². The summed E-state index contributed by atoms with van der Waals surface area (Å²) in [6, 6.07) is 4.19. The number of benzene rings is 1. The summed E-state index contributed by atoms with van der Waals surface area (Å²) in [6.07, 6.45) is 1.04. The number of ether oxygens (including phenoxy) is 1. The molecule has 18 heavy (non-hydrogen) atoms. The summed E-state index contributed by atoms with van der Waals surface area (Å²) in [6.45, 7) is 7.85. The molecule has 1 unspecified atom stereocenters. The quantitative estimate of drug-likeness (QED) is 0.814.